The van der Waals surface area contributed by atoms with Gasteiger partial charge in [-0.3, -0.25) is 4.98 Å². The summed E-state index contributed by atoms with van der Waals surface area (Å²) >= 11 is 5.81. The molecular weight excluding hydrogens is 234 g/mol. The van der Waals surface area contributed by atoms with E-state index in [1.165, 1.54) is 6.20 Å². The molecule has 0 spiro atoms. The van der Waals surface area contributed by atoms with Gasteiger partial charge in [0.15, 0.2) is 0 Å². The zero-order valence-corrected chi connectivity index (χ0v) is 9.72. The third kappa shape index (κ3) is 2.62. The second kappa shape index (κ2) is 4.96. The maximum Gasteiger partial charge on any atom is 0.101 e. The Balaban J connectivity index is 2.27. The quantitative estimate of drug-likeness (QED) is 0.882. The number of hydrogen-bond acceptors (Lipinski definition) is 3. The molecule has 0 aliphatic rings. The van der Waals surface area contributed by atoms with Crippen molar-refractivity contribution in [1.29, 1.82) is 5.26 Å². The van der Waals surface area contributed by atoms with Crippen molar-refractivity contribution in [2.75, 3.05) is 0 Å². The number of aromatic nitrogens is 1. The standard InChI is InChI=1S/C13H10ClN3/c14-11-4-2-10(3-5-11)13(16)12-6-1-9(7-15)8-17-12/h1-6,8,13H,16H2. The molecular formula is C13H10ClN3. The first-order chi connectivity index (χ1) is 8.20. The first kappa shape index (κ1) is 11.6. The molecule has 1 heterocycles. The molecule has 2 aromatic rings. The largest absolute Gasteiger partial charge is 0.319 e. The molecule has 2 rings (SSSR count). The number of rotatable bonds is 2. The lowest BCUT2D eigenvalue weighted by Gasteiger charge is -2.11. The molecule has 0 saturated carbocycles. The zero-order chi connectivity index (χ0) is 12.3. The smallest absolute Gasteiger partial charge is 0.101 e. The second-order valence-electron chi connectivity index (χ2n) is 3.61. The molecule has 4 heteroatoms. The van der Waals surface area contributed by atoms with Crippen LogP contribution in [0.2, 0.25) is 5.02 Å². The van der Waals surface area contributed by atoms with Gasteiger partial charge in [-0.05, 0) is 29.8 Å². The van der Waals surface area contributed by atoms with Gasteiger partial charge in [-0.25, -0.2) is 0 Å². The topological polar surface area (TPSA) is 62.7 Å². The predicted octanol–water partition coefficient (Wildman–Crippen LogP) is 2.65. The first-order valence-corrected chi connectivity index (χ1v) is 5.45. The lowest BCUT2D eigenvalue weighted by atomic mass is 10.0. The van der Waals surface area contributed by atoms with Gasteiger partial charge >= 0.3 is 0 Å². The van der Waals surface area contributed by atoms with Gasteiger partial charge in [0.1, 0.15) is 6.07 Å². The molecule has 1 aromatic heterocycles. The summed E-state index contributed by atoms with van der Waals surface area (Å²) < 4.78 is 0. The third-order valence-corrected chi connectivity index (χ3v) is 2.72. The molecule has 0 aliphatic heterocycles. The van der Waals surface area contributed by atoms with Crippen molar-refractivity contribution in [2.24, 2.45) is 5.73 Å². The van der Waals surface area contributed by atoms with Crippen LogP contribution < -0.4 is 5.73 Å². The molecule has 1 aromatic carbocycles. The summed E-state index contributed by atoms with van der Waals surface area (Å²) in [6.45, 7) is 0. The van der Waals surface area contributed by atoms with Gasteiger partial charge in [-0.2, -0.15) is 5.26 Å². The summed E-state index contributed by atoms with van der Waals surface area (Å²) in [6, 6.07) is 12.5. The van der Waals surface area contributed by atoms with Crippen molar-refractivity contribution in [1.82, 2.24) is 4.98 Å². The van der Waals surface area contributed by atoms with Crippen LogP contribution >= 0.6 is 11.6 Å². The van der Waals surface area contributed by atoms with Crippen molar-refractivity contribution in [3.05, 3.63) is 64.4 Å². The van der Waals surface area contributed by atoms with Crippen LogP contribution in [-0.2, 0) is 0 Å². The first-order valence-electron chi connectivity index (χ1n) is 5.08. The highest BCUT2D eigenvalue weighted by Crippen LogP contribution is 2.19. The van der Waals surface area contributed by atoms with Crippen LogP contribution in [0.1, 0.15) is 22.9 Å². The molecule has 0 saturated heterocycles. The van der Waals surface area contributed by atoms with Crippen LogP contribution in [-0.4, -0.2) is 4.98 Å². The third-order valence-electron chi connectivity index (χ3n) is 2.46. The molecule has 0 amide bonds. The summed E-state index contributed by atoms with van der Waals surface area (Å²) in [5, 5.41) is 9.35. The van der Waals surface area contributed by atoms with Crippen molar-refractivity contribution < 1.29 is 0 Å². The number of benzene rings is 1. The van der Waals surface area contributed by atoms with E-state index in [2.05, 4.69) is 4.98 Å². The van der Waals surface area contributed by atoms with Crippen molar-refractivity contribution in [2.45, 2.75) is 6.04 Å². The van der Waals surface area contributed by atoms with Gasteiger partial charge < -0.3 is 5.73 Å². The van der Waals surface area contributed by atoms with Crippen molar-refractivity contribution >= 4 is 11.6 Å². The Morgan fingerprint density at radius 1 is 1.18 bits per heavy atom. The van der Waals surface area contributed by atoms with E-state index in [4.69, 9.17) is 22.6 Å². The SMILES string of the molecule is N#Cc1ccc(C(N)c2ccc(Cl)cc2)nc1. The molecule has 84 valence electrons. The van der Waals surface area contributed by atoms with Crippen LogP contribution in [0.15, 0.2) is 42.6 Å². The molecule has 0 radical (unpaired) electrons. The highest BCUT2D eigenvalue weighted by molar-refractivity contribution is 6.30. The molecule has 0 aliphatic carbocycles. The highest BCUT2D eigenvalue weighted by atomic mass is 35.5. The minimum absolute atomic E-state index is 0.306. The van der Waals surface area contributed by atoms with E-state index in [9.17, 15) is 0 Å². The van der Waals surface area contributed by atoms with E-state index >= 15 is 0 Å². The van der Waals surface area contributed by atoms with Gasteiger partial charge in [-0.15, -0.1) is 0 Å². The maximum absolute atomic E-state index is 8.68. The second-order valence-corrected chi connectivity index (χ2v) is 4.05. The fourth-order valence-electron chi connectivity index (χ4n) is 1.50. The Morgan fingerprint density at radius 2 is 1.88 bits per heavy atom. The van der Waals surface area contributed by atoms with Crippen LogP contribution in [0.3, 0.4) is 0 Å². The van der Waals surface area contributed by atoms with E-state index < -0.39 is 0 Å². The molecule has 3 nitrogen and oxygen atoms in total. The van der Waals surface area contributed by atoms with E-state index in [0.29, 0.717) is 10.6 Å². The maximum atomic E-state index is 8.68. The number of nitriles is 1. The van der Waals surface area contributed by atoms with E-state index in [0.717, 1.165) is 11.3 Å². The summed E-state index contributed by atoms with van der Waals surface area (Å²) in [4.78, 5) is 4.17. The van der Waals surface area contributed by atoms with E-state index in [1.807, 2.05) is 18.2 Å². The molecule has 2 N–H and O–H groups in total. The minimum Gasteiger partial charge on any atom is -0.319 e. The summed E-state index contributed by atoms with van der Waals surface area (Å²) in [7, 11) is 0. The minimum atomic E-state index is -0.306. The van der Waals surface area contributed by atoms with Crippen LogP contribution in [0.5, 0.6) is 0 Å². The van der Waals surface area contributed by atoms with E-state index in [1.54, 1.807) is 24.3 Å². The van der Waals surface area contributed by atoms with Gasteiger partial charge in [0.2, 0.25) is 0 Å². The fraction of sp³-hybridized carbons (Fsp3) is 0.0769. The van der Waals surface area contributed by atoms with Crippen LogP contribution in [0.25, 0.3) is 0 Å². The predicted molar refractivity (Wildman–Crippen MR) is 66.4 cm³/mol. The van der Waals surface area contributed by atoms with Crippen molar-refractivity contribution in [3.63, 3.8) is 0 Å². The Bertz CT molecular complexity index is 540. The van der Waals surface area contributed by atoms with Gasteiger partial charge in [0.05, 0.1) is 17.3 Å². The average Bonchev–Trinajstić information content (AvgIpc) is 2.39. The van der Waals surface area contributed by atoms with Crippen LogP contribution in [0, 0.1) is 11.3 Å². The molecule has 0 bridgehead atoms. The summed E-state index contributed by atoms with van der Waals surface area (Å²) in [5.41, 5.74) is 8.26. The number of hydrogen-bond donors (Lipinski definition) is 1. The normalized spacial score (nSPS) is 11.8. The Labute approximate surface area is 104 Å². The lowest BCUT2D eigenvalue weighted by Crippen LogP contribution is -2.13. The van der Waals surface area contributed by atoms with Gasteiger partial charge in [0.25, 0.3) is 0 Å². The number of pyridine rings is 1. The monoisotopic (exact) mass is 243 g/mol. The Hall–Kier alpha value is -1.89. The fourth-order valence-corrected chi connectivity index (χ4v) is 1.62. The van der Waals surface area contributed by atoms with Gasteiger partial charge in [0, 0.05) is 11.2 Å². The lowest BCUT2D eigenvalue weighted by molar-refractivity contribution is 0.828. The van der Waals surface area contributed by atoms with Crippen molar-refractivity contribution in [3.8, 4) is 6.07 Å². The Kier molecular flexibility index (Phi) is 3.38. The van der Waals surface area contributed by atoms with Crippen LogP contribution in [0.4, 0.5) is 0 Å². The van der Waals surface area contributed by atoms with Gasteiger partial charge in [-0.1, -0.05) is 23.7 Å². The number of halogens is 1. The molecule has 17 heavy (non-hydrogen) atoms. The number of nitrogens with zero attached hydrogens (tertiary/aromatic N) is 2. The average molecular weight is 244 g/mol. The number of nitrogens with two attached hydrogens (primary N) is 1. The summed E-state index contributed by atoms with van der Waals surface area (Å²) in [5.74, 6) is 0. The van der Waals surface area contributed by atoms with E-state index in [-0.39, 0.29) is 6.04 Å². The zero-order valence-electron chi connectivity index (χ0n) is 8.97. The Morgan fingerprint density at radius 3 is 2.41 bits per heavy atom. The highest BCUT2D eigenvalue weighted by Gasteiger charge is 2.09. The molecule has 1 unspecified atom stereocenters. The molecule has 1 atom stereocenters. The molecule has 0 fully saturated rings. The summed E-state index contributed by atoms with van der Waals surface area (Å²) in [6.07, 6.45) is 1.52.